The highest BCUT2D eigenvalue weighted by Gasteiger charge is 2.79. The minimum Gasteiger partial charge on any atom is -0.396 e. The number of nitrogens with one attached hydrogen (secondary N) is 2. The van der Waals surface area contributed by atoms with E-state index in [9.17, 15) is 35.7 Å². The number of aliphatic hydroxyl groups is 7. The van der Waals surface area contributed by atoms with Gasteiger partial charge in [0.25, 0.3) is 0 Å². The molecule has 0 radical (unpaired) electrons. The number of fused-ring (bicyclic) bond motifs is 3. The van der Waals surface area contributed by atoms with Crippen molar-refractivity contribution in [1.82, 2.24) is 10.6 Å². The Hall–Kier alpha value is -2.39. The van der Waals surface area contributed by atoms with Crippen LogP contribution < -0.4 is 16.4 Å². The van der Waals surface area contributed by atoms with Crippen LogP contribution in [0.1, 0.15) is 125 Å². The van der Waals surface area contributed by atoms with E-state index in [1.54, 1.807) is 13.8 Å². The SMILES string of the molecule is CCC[C@H]1CC[C@H]2[C@H](C)[C@H]([C@@H](O)[C@](C)(O)[C@H]3CC[C@@]4(O)C5=C(NC[C@H](C)O)C(=O)[C@@H]6C[C@@H](O)[C@@H](O)C[C@@]67C[C@@]6(C8=C(CCCO)NC(N)C=C8)C=C[C@@H](C[C@]34C)[C@@]57C=C6)O[C@@H]2CC1. The van der Waals surface area contributed by atoms with E-state index in [-0.39, 0.29) is 61.8 Å². The van der Waals surface area contributed by atoms with Gasteiger partial charge >= 0.3 is 0 Å². The van der Waals surface area contributed by atoms with Crippen LogP contribution in [0.3, 0.4) is 0 Å². The Labute approximate surface area is 374 Å². The quantitative estimate of drug-likeness (QED) is 0.125. The standard InChI is InChI=1S/C51H77N3O9/c1-6-8-30-10-12-32-29(3)43(63-38(32)14-11-30)45(60)47(5,61)39-17-19-51(62)44-41(53-26-28(2)56)42(59)34-23-36(57)37(58)25-49(34)27-48(33-13-15-40(52)54-35(33)9-7-22-55)18-16-31(24-46(39,51)4)50(44,49)21-20-48/h13,15-16,18,20-21,28-32,34,36-40,43,45,53-58,60-62H,6-12,14,17,19,22-27,52H2,1-5H3/t28-,29-,30-,31-,32-,34-,36+,37-,38+,39-,40?,43+,45+,46+,47+,48+,49+,50-,51+/m0/s1. The van der Waals surface area contributed by atoms with Crippen molar-refractivity contribution >= 4 is 5.78 Å². The van der Waals surface area contributed by atoms with Crippen molar-refractivity contribution < 1.29 is 45.3 Å². The van der Waals surface area contributed by atoms with Crippen LogP contribution in [-0.2, 0) is 9.53 Å². The first kappa shape index (κ1) is 45.8. The van der Waals surface area contributed by atoms with Gasteiger partial charge in [-0.15, -0.1) is 0 Å². The zero-order chi connectivity index (χ0) is 45.1. The molecule has 12 nitrogen and oxygen atoms in total. The van der Waals surface area contributed by atoms with Gasteiger partial charge in [-0.2, -0.15) is 0 Å². The Morgan fingerprint density at radius 2 is 1.83 bits per heavy atom. The summed E-state index contributed by atoms with van der Waals surface area (Å²) in [6, 6.07) is 0. The molecule has 0 aromatic heterocycles. The van der Waals surface area contributed by atoms with Crippen LogP contribution in [0.4, 0.5) is 0 Å². The number of carbonyl (C=O) groups excluding carboxylic acids is 1. The first-order valence-corrected chi connectivity index (χ1v) is 24.6. The second kappa shape index (κ2) is 16.1. The van der Waals surface area contributed by atoms with Crippen LogP contribution in [-0.4, -0.2) is 109 Å². The monoisotopic (exact) mass is 876 g/mol. The summed E-state index contributed by atoms with van der Waals surface area (Å²) in [5.41, 5.74) is 1.99. The molecule has 10 rings (SSSR count). The van der Waals surface area contributed by atoms with Crippen LogP contribution >= 0.6 is 0 Å². The summed E-state index contributed by atoms with van der Waals surface area (Å²) in [5.74, 6) is -0.866. The van der Waals surface area contributed by atoms with Gasteiger partial charge in [-0.3, -0.25) is 4.79 Å². The lowest BCUT2D eigenvalue weighted by Gasteiger charge is -2.71. The highest BCUT2D eigenvalue weighted by Crippen LogP contribution is 2.80. The molecule has 0 amide bonds. The van der Waals surface area contributed by atoms with Crippen LogP contribution in [0.2, 0.25) is 0 Å². The molecule has 10 aliphatic rings. The zero-order valence-electron chi connectivity index (χ0n) is 38.3. The molecule has 350 valence electrons. The molecule has 5 fully saturated rings. The molecule has 0 aromatic rings. The molecular weight excluding hydrogens is 799 g/mol. The number of nitrogens with two attached hydrogens (primary N) is 1. The molecule has 1 saturated heterocycles. The minimum absolute atomic E-state index is 0.00544. The summed E-state index contributed by atoms with van der Waals surface area (Å²) in [7, 11) is 0. The predicted octanol–water partition coefficient (Wildman–Crippen LogP) is 4.17. The maximum absolute atomic E-state index is 15.6. The van der Waals surface area contributed by atoms with Crippen molar-refractivity contribution in [3.63, 3.8) is 0 Å². The smallest absolute Gasteiger partial charge is 0.182 e. The molecule has 2 aliphatic heterocycles. The first-order valence-electron chi connectivity index (χ1n) is 24.6. The third-order valence-corrected chi connectivity index (χ3v) is 19.1. The Bertz CT molecular complexity index is 1960. The van der Waals surface area contributed by atoms with Crippen molar-refractivity contribution in [2.45, 2.75) is 179 Å². The number of Topliss-reactive ketones (excluding diaryl/α,β-unsaturated/α-hetero) is 1. The van der Waals surface area contributed by atoms with Gasteiger partial charge < -0.3 is 56.8 Å². The third-order valence-electron chi connectivity index (χ3n) is 19.1. The lowest BCUT2D eigenvalue weighted by molar-refractivity contribution is -0.215. The van der Waals surface area contributed by atoms with Crippen LogP contribution in [0.5, 0.6) is 0 Å². The third kappa shape index (κ3) is 6.56. The number of dihydropyridines is 1. The number of allylic oxidation sites excluding steroid dienone is 8. The number of hydrogen-bond donors (Lipinski definition) is 10. The van der Waals surface area contributed by atoms with E-state index in [1.165, 1.54) is 12.8 Å². The van der Waals surface area contributed by atoms with Crippen LogP contribution in [0, 0.1) is 57.2 Å². The Morgan fingerprint density at radius 3 is 2.56 bits per heavy atom. The molecule has 2 heterocycles. The summed E-state index contributed by atoms with van der Waals surface area (Å²) in [6.45, 7) is 9.89. The van der Waals surface area contributed by atoms with Crippen LogP contribution in [0.25, 0.3) is 0 Å². The maximum atomic E-state index is 15.6. The number of aliphatic hydroxyl groups excluding tert-OH is 5. The second-order valence-corrected chi connectivity index (χ2v) is 22.5. The van der Waals surface area contributed by atoms with Crippen molar-refractivity contribution in [3.05, 3.63) is 59.0 Å². The van der Waals surface area contributed by atoms with Gasteiger partial charge in [0.1, 0.15) is 6.10 Å². The van der Waals surface area contributed by atoms with Crippen molar-refractivity contribution in [2.24, 2.45) is 62.9 Å². The largest absolute Gasteiger partial charge is 0.396 e. The number of rotatable bonds is 12. The first-order chi connectivity index (χ1) is 29.8. The summed E-state index contributed by atoms with van der Waals surface area (Å²) in [6.07, 6.45) is 17.0. The summed E-state index contributed by atoms with van der Waals surface area (Å²) >= 11 is 0. The normalized spacial score (nSPS) is 48.1. The average molecular weight is 876 g/mol. The number of ether oxygens (including phenoxy) is 1. The highest BCUT2D eigenvalue weighted by molar-refractivity contribution is 6.01. The van der Waals surface area contributed by atoms with Crippen LogP contribution in [0.15, 0.2) is 59.0 Å². The highest BCUT2D eigenvalue weighted by atomic mass is 16.5. The minimum atomic E-state index is -1.68. The van der Waals surface area contributed by atoms with Crippen molar-refractivity contribution in [3.8, 4) is 0 Å². The van der Waals surface area contributed by atoms with Gasteiger partial charge in [0.15, 0.2) is 5.78 Å². The summed E-state index contributed by atoms with van der Waals surface area (Å²) in [5, 5.41) is 90.3. The summed E-state index contributed by atoms with van der Waals surface area (Å²) < 4.78 is 6.80. The fourth-order valence-corrected chi connectivity index (χ4v) is 16.2. The molecule has 12 heteroatoms. The Balaban J connectivity index is 1.18. The molecule has 0 aromatic carbocycles. The lowest BCUT2D eigenvalue weighted by Crippen LogP contribution is -2.72. The number of ketones is 1. The van der Waals surface area contributed by atoms with E-state index < -0.39 is 81.4 Å². The molecule has 2 spiro atoms. The molecule has 8 aliphatic carbocycles. The van der Waals surface area contributed by atoms with E-state index in [2.05, 4.69) is 54.9 Å². The topological polar surface area (TPSA) is 218 Å². The van der Waals surface area contributed by atoms with Gasteiger partial charge in [-0.05, 0) is 137 Å². The second-order valence-electron chi connectivity index (χ2n) is 22.5. The number of hydrogen-bond acceptors (Lipinski definition) is 12. The molecular formula is C51H77N3O9. The van der Waals surface area contributed by atoms with E-state index >= 15 is 4.79 Å². The van der Waals surface area contributed by atoms with Gasteiger partial charge in [0.05, 0.1) is 53.6 Å². The zero-order valence-corrected chi connectivity index (χ0v) is 38.3. The van der Waals surface area contributed by atoms with E-state index in [0.717, 1.165) is 37.0 Å². The van der Waals surface area contributed by atoms with Crippen molar-refractivity contribution in [1.29, 1.82) is 0 Å². The van der Waals surface area contributed by atoms with E-state index in [0.29, 0.717) is 49.5 Å². The van der Waals surface area contributed by atoms with Crippen molar-refractivity contribution in [2.75, 3.05) is 13.2 Å². The maximum Gasteiger partial charge on any atom is 0.182 e. The molecule has 2 bridgehead atoms. The predicted molar refractivity (Wildman–Crippen MR) is 239 cm³/mol. The fourth-order valence-electron chi connectivity index (χ4n) is 16.2. The molecule has 11 N–H and O–H groups in total. The number of carbonyl (C=O) groups is 1. The Kier molecular flexibility index (Phi) is 11.7. The van der Waals surface area contributed by atoms with E-state index in [1.807, 2.05) is 13.0 Å². The molecule has 1 unspecified atom stereocenters. The molecule has 19 atom stereocenters. The Morgan fingerprint density at radius 1 is 1.06 bits per heavy atom. The van der Waals surface area contributed by atoms with Gasteiger partial charge in [0, 0.05) is 41.0 Å². The molecule has 4 saturated carbocycles. The van der Waals surface area contributed by atoms with E-state index in [4.69, 9.17) is 10.5 Å². The van der Waals surface area contributed by atoms with Gasteiger partial charge in [0.2, 0.25) is 0 Å². The fraction of sp³-hybridized carbons (Fsp3) is 0.784. The van der Waals surface area contributed by atoms with Gasteiger partial charge in [-0.25, -0.2) is 0 Å². The van der Waals surface area contributed by atoms with Gasteiger partial charge in [-0.1, -0.05) is 70.4 Å². The lowest BCUT2D eigenvalue weighted by atomic mass is 9.33. The molecule has 63 heavy (non-hydrogen) atoms. The summed E-state index contributed by atoms with van der Waals surface area (Å²) in [4.78, 5) is 15.6. The average Bonchev–Trinajstić information content (AvgIpc) is 3.47.